The molecule has 4 heteroatoms. The van der Waals surface area contributed by atoms with E-state index in [1.165, 1.54) is 5.56 Å². The first-order chi connectivity index (χ1) is 9.61. The lowest BCUT2D eigenvalue weighted by Gasteiger charge is -2.20. The van der Waals surface area contributed by atoms with Crippen molar-refractivity contribution < 1.29 is 4.79 Å². The first-order valence-electron chi connectivity index (χ1n) is 6.60. The lowest BCUT2D eigenvalue weighted by atomic mass is 10.1. The van der Waals surface area contributed by atoms with Gasteiger partial charge in [-0.1, -0.05) is 12.1 Å². The first-order valence-corrected chi connectivity index (χ1v) is 6.60. The topological polar surface area (TPSA) is 58.4 Å². The van der Waals surface area contributed by atoms with Gasteiger partial charge >= 0.3 is 0 Å². The molecule has 1 aliphatic rings. The molecule has 1 aliphatic heterocycles. The molecule has 3 rings (SSSR count). The van der Waals surface area contributed by atoms with Crippen molar-refractivity contribution in [2.45, 2.75) is 13.0 Å². The van der Waals surface area contributed by atoms with Crippen LogP contribution in [0, 0.1) is 0 Å². The minimum absolute atomic E-state index is 0.0679. The van der Waals surface area contributed by atoms with Gasteiger partial charge in [-0.25, -0.2) is 0 Å². The number of benzene rings is 2. The number of rotatable bonds is 3. The molecule has 2 aromatic rings. The summed E-state index contributed by atoms with van der Waals surface area (Å²) in [5.41, 5.74) is 10.8. The summed E-state index contributed by atoms with van der Waals surface area (Å²) in [6.45, 7) is 0.806. The Morgan fingerprint density at radius 1 is 1.20 bits per heavy atom. The maximum Gasteiger partial charge on any atom is 0.228 e. The monoisotopic (exact) mass is 267 g/mol. The van der Waals surface area contributed by atoms with E-state index in [0.717, 1.165) is 29.2 Å². The van der Waals surface area contributed by atoms with Gasteiger partial charge in [0.1, 0.15) is 0 Å². The minimum atomic E-state index is 0.0679. The second kappa shape index (κ2) is 4.89. The average Bonchev–Trinajstić information content (AvgIpc) is 2.80. The van der Waals surface area contributed by atoms with Crippen LogP contribution < -0.4 is 16.0 Å². The molecule has 0 saturated heterocycles. The molecule has 4 nitrogen and oxygen atoms in total. The second-order valence-electron chi connectivity index (χ2n) is 5.16. The molecule has 0 radical (unpaired) electrons. The number of carbonyl (C=O) groups excluding carboxylic acids is 1. The van der Waals surface area contributed by atoms with Crippen molar-refractivity contribution in [1.82, 2.24) is 0 Å². The van der Waals surface area contributed by atoms with Crippen molar-refractivity contribution >= 4 is 23.0 Å². The van der Waals surface area contributed by atoms with Crippen LogP contribution in [-0.2, 0) is 17.8 Å². The third kappa shape index (κ3) is 2.45. The predicted molar refractivity (Wildman–Crippen MR) is 81.7 cm³/mol. The van der Waals surface area contributed by atoms with Crippen molar-refractivity contribution in [3.63, 3.8) is 0 Å². The van der Waals surface area contributed by atoms with Crippen LogP contribution in [0.2, 0.25) is 0 Å². The number of carbonyl (C=O) groups is 1. The fourth-order valence-electron chi connectivity index (χ4n) is 2.44. The number of fused-ring (bicyclic) bond motifs is 1. The Kier molecular flexibility index (Phi) is 3.06. The number of amides is 1. The van der Waals surface area contributed by atoms with Crippen molar-refractivity contribution in [3.05, 3.63) is 53.6 Å². The van der Waals surface area contributed by atoms with Gasteiger partial charge in [-0.05, 0) is 41.5 Å². The Morgan fingerprint density at radius 2 is 1.95 bits per heavy atom. The third-order valence-corrected chi connectivity index (χ3v) is 3.55. The molecule has 102 valence electrons. The number of hydrogen-bond donors (Lipinski definition) is 2. The summed E-state index contributed by atoms with van der Waals surface area (Å²) in [7, 11) is 2.04. The molecule has 3 N–H and O–H groups in total. The van der Waals surface area contributed by atoms with Crippen molar-refractivity contribution in [2.24, 2.45) is 0 Å². The summed E-state index contributed by atoms with van der Waals surface area (Å²) in [6, 6.07) is 14.0. The van der Waals surface area contributed by atoms with E-state index < -0.39 is 0 Å². The molecule has 0 aromatic heterocycles. The summed E-state index contributed by atoms with van der Waals surface area (Å²) < 4.78 is 0. The van der Waals surface area contributed by atoms with Crippen LogP contribution in [0.1, 0.15) is 11.1 Å². The van der Waals surface area contributed by atoms with E-state index in [-0.39, 0.29) is 5.91 Å². The minimum Gasteiger partial charge on any atom is -0.399 e. The van der Waals surface area contributed by atoms with Crippen LogP contribution in [0.3, 0.4) is 0 Å². The van der Waals surface area contributed by atoms with Gasteiger partial charge in [-0.15, -0.1) is 0 Å². The van der Waals surface area contributed by atoms with Crippen molar-refractivity contribution in [3.8, 4) is 0 Å². The Balaban J connectivity index is 1.77. The fourth-order valence-corrected chi connectivity index (χ4v) is 2.44. The van der Waals surface area contributed by atoms with Gasteiger partial charge in [0.15, 0.2) is 0 Å². The summed E-state index contributed by atoms with van der Waals surface area (Å²) in [4.78, 5) is 13.5. The summed E-state index contributed by atoms with van der Waals surface area (Å²) in [5, 5.41) is 2.85. The zero-order valence-electron chi connectivity index (χ0n) is 11.4. The Labute approximate surface area is 118 Å². The SMILES string of the molecule is CN(Cc1ccc(N)cc1)c1ccc2c(c1)CC(=O)N2. The van der Waals surface area contributed by atoms with Crippen LogP contribution in [0.25, 0.3) is 0 Å². The van der Waals surface area contributed by atoms with Gasteiger partial charge in [-0.2, -0.15) is 0 Å². The number of hydrogen-bond acceptors (Lipinski definition) is 3. The van der Waals surface area contributed by atoms with E-state index >= 15 is 0 Å². The van der Waals surface area contributed by atoms with Crippen LogP contribution in [0.5, 0.6) is 0 Å². The van der Waals surface area contributed by atoms with Crippen LogP contribution in [0.15, 0.2) is 42.5 Å². The van der Waals surface area contributed by atoms with Gasteiger partial charge in [0.25, 0.3) is 0 Å². The number of nitrogens with zero attached hydrogens (tertiary/aromatic N) is 1. The number of nitrogens with one attached hydrogen (secondary N) is 1. The fraction of sp³-hybridized carbons (Fsp3) is 0.188. The number of nitrogen functional groups attached to an aromatic ring is 1. The largest absolute Gasteiger partial charge is 0.399 e. The van der Waals surface area contributed by atoms with Crippen molar-refractivity contribution in [2.75, 3.05) is 23.0 Å². The molecular formula is C16H17N3O. The van der Waals surface area contributed by atoms with E-state index in [4.69, 9.17) is 5.73 Å². The molecule has 1 amide bonds. The molecule has 0 aliphatic carbocycles. The predicted octanol–water partition coefficient (Wildman–Crippen LogP) is 2.40. The van der Waals surface area contributed by atoms with Crippen molar-refractivity contribution in [1.29, 1.82) is 0 Å². The lowest BCUT2D eigenvalue weighted by molar-refractivity contribution is -0.115. The van der Waals surface area contributed by atoms with E-state index in [1.807, 2.05) is 43.4 Å². The molecule has 0 atom stereocenters. The summed E-state index contributed by atoms with van der Waals surface area (Å²) >= 11 is 0. The smallest absolute Gasteiger partial charge is 0.228 e. The Bertz CT molecular complexity index is 649. The third-order valence-electron chi connectivity index (χ3n) is 3.55. The van der Waals surface area contributed by atoms with E-state index in [2.05, 4.69) is 16.3 Å². The van der Waals surface area contributed by atoms with Crippen LogP contribution in [0.4, 0.5) is 17.1 Å². The molecule has 20 heavy (non-hydrogen) atoms. The van der Waals surface area contributed by atoms with Gasteiger partial charge < -0.3 is 16.0 Å². The second-order valence-corrected chi connectivity index (χ2v) is 5.16. The maximum absolute atomic E-state index is 11.4. The standard InChI is InChI=1S/C16H17N3O/c1-19(10-11-2-4-13(17)5-3-11)14-6-7-15-12(8-14)9-16(20)18-15/h2-8H,9-10,17H2,1H3,(H,18,20). The summed E-state index contributed by atoms with van der Waals surface area (Å²) in [6.07, 6.45) is 0.471. The normalized spacial score (nSPS) is 12.9. The molecule has 0 spiro atoms. The molecule has 0 fully saturated rings. The molecule has 0 bridgehead atoms. The van der Waals surface area contributed by atoms with Crippen LogP contribution >= 0.6 is 0 Å². The molecule has 0 saturated carbocycles. The van der Waals surface area contributed by atoms with Gasteiger partial charge in [0.2, 0.25) is 5.91 Å². The average molecular weight is 267 g/mol. The van der Waals surface area contributed by atoms with Crippen LogP contribution in [-0.4, -0.2) is 13.0 Å². The van der Waals surface area contributed by atoms with E-state index in [1.54, 1.807) is 0 Å². The highest BCUT2D eigenvalue weighted by atomic mass is 16.1. The quantitative estimate of drug-likeness (QED) is 0.840. The zero-order valence-corrected chi connectivity index (χ0v) is 11.4. The van der Waals surface area contributed by atoms with E-state index in [0.29, 0.717) is 6.42 Å². The molecule has 2 aromatic carbocycles. The number of nitrogens with two attached hydrogens (primary N) is 1. The highest BCUT2D eigenvalue weighted by Crippen LogP contribution is 2.28. The zero-order chi connectivity index (χ0) is 14.1. The lowest BCUT2D eigenvalue weighted by Crippen LogP contribution is -2.16. The Morgan fingerprint density at radius 3 is 2.70 bits per heavy atom. The van der Waals surface area contributed by atoms with Gasteiger partial charge in [0, 0.05) is 30.7 Å². The highest BCUT2D eigenvalue weighted by molar-refractivity contribution is 5.99. The maximum atomic E-state index is 11.4. The molecule has 1 heterocycles. The van der Waals surface area contributed by atoms with Gasteiger partial charge in [-0.3, -0.25) is 4.79 Å². The first kappa shape index (κ1) is 12.5. The molecular weight excluding hydrogens is 250 g/mol. The molecule has 0 unspecified atom stereocenters. The Hall–Kier alpha value is -2.49. The van der Waals surface area contributed by atoms with E-state index in [9.17, 15) is 4.79 Å². The summed E-state index contributed by atoms with van der Waals surface area (Å²) in [5.74, 6) is 0.0679. The number of anilines is 3. The highest BCUT2D eigenvalue weighted by Gasteiger charge is 2.18. The van der Waals surface area contributed by atoms with Gasteiger partial charge in [0.05, 0.1) is 6.42 Å².